The first kappa shape index (κ1) is 6.47. The van der Waals surface area contributed by atoms with Crippen LogP contribution in [0.15, 0.2) is 24.4 Å². The molecule has 55 valence electrons. The lowest BCUT2D eigenvalue weighted by atomic mass is 10.1. The van der Waals surface area contributed by atoms with Crippen molar-refractivity contribution >= 4 is 10.9 Å². The molecule has 0 saturated heterocycles. The van der Waals surface area contributed by atoms with Gasteiger partial charge in [-0.25, -0.2) is 0 Å². The Morgan fingerprint density at radius 3 is 2.91 bits per heavy atom. The summed E-state index contributed by atoms with van der Waals surface area (Å²) in [6, 6.07) is 9.51. The standard InChI is InChI=1S/C10H10N/c1-8-4-3-5-10-9(8)6-7-11(10)2/h3-5,7H,1-2H3. The van der Waals surface area contributed by atoms with Crippen molar-refractivity contribution < 1.29 is 0 Å². The fourth-order valence-electron chi connectivity index (χ4n) is 1.36. The van der Waals surface area contributed by atoms with Gasteiger partial charge in [0.25, 0.3) is 0 Å². The third kappa shape index (κ3) is 0.845. The lowest BCUT2D eigenvalue weighted by Crippen LogP contribution is -1.83. The molecule has 0 spiro atoms. The van der Waals surface area contributed by atoms with Gasteiger partial charge in [0.2, 0.25) is 0 Å². The van der Waals surface area contributed by atoms with Crippen LogP contribution < -0.4 is 0 Å². The lowest BCUT2D eigenvalue weighted by molar-refractivity contribution is 0.968. The van der Waals surface area contributed by atoms with E-state index in [4.69, 9.17) is 0 Å². The molecule has 0 unspecified atom stereocenters. The fourth-order valence-corrected chi connectivity index (χ4v) is 1.36. The maximum Gasteiger partial charge on any atom is 0.0486 e. The monoisotopic (exact) mass is 144 g/mol. The summed E-state index contributed by atoms with van der Waals surface area (Å²) in [6.07, 6.45) is 1.97. The second kappa shape index (κ2) is 2.12. The zero-order chi connectivity index (χ0) is 7.84. The summed E-state index contributed by atoms with van der Waals surface area (Å²) in [5, 5.41) is 1.23. The first-order chi connectivity index (χ1) is 5.29. The number of rotatable bonds is 0. The molecule has 0 fully saturated rings. The second-order valence-electron chi connectivity index (χ2n) is 2.85. The van der Waals surface area contributed by atoms with Gasteiger partial charge in [0, 0.05) is 30.2 Å². The first-order valence-corrected chi connectivity index (χ1v) is 3.71. The van der Waals surface area contributed by atoms with Crippen LogP contribution in [0.2, 0.25) is 0 Å². The molecule has 0 bridgehead atoms. The van der Waals surface area contributed by atoms with Crippen molar-refractivity contribution in [3.63, 3.8) is 0 Å². The lowest BCUT2D eigenvalue weighted by Gasteiger charge is -1.96. The van der Waals surface area contributed by atoms with E-state index in [0.29, 0.717) is 0 Å². The van der Waals surface area contributed by atoms with Crippen LogP contribution in [-0.4, -0.2) is 4.57 Å². The van der Waals surface area contributed by atoms with Crippen molar-refractivity contribution in [3.05, 3.63) is 36.0 Å². The van der Waals surface area contributed by atoms with Crippen molar-refractivity contribution in [2.45, 2.75) is 6.92 Å². The molecule has 2 rings (SSSR count). The highest BCUT2D eigenvalue weighted by Gasteiger charge is 1.98. The Morgan fingerprint density at radius 1 is 1.36 bits per heavy atom. The summed E-state index contributed by atoms with van der Waals surface area (Å²) in [5.74, 6) is 0. The SMILES string of the molecule is Cc1cccc2c1[c]cn2C. The summed E-state index contributed by atoms with van der Waals surface area (Å²) < 4.78 is 2.09. The van der Waals surface area contributed by atoms with Gasteiger partial charge in [0.05, 0.1) is 0 Å². The van der Waals surface area contributed by atoms with E-state index in [1.54, 1.807) is 0 Å². The van der Waals surface area contributed by atoms with Crippen molar-refractivity contribution in [2.75, 3.05) is 0 Å². The molecular weight excluding hydrogens is 134 g/mol. The van der Waals surface area contributed by atoms with Crippen LogP contribution in [0.5, 0.6) is 0 Å². The highest BCUT2D eigenvalue weighted by atomic mass is 14.9. The van der Waals surface area contributed by atoms with Gasteiger partial charge in [-0.1, -0.05) is 12.1 Å². The summed E-state index contributed by atoms with van der Waals surface area (Å²) in [6.45, 7) is 2.11. The average molecular weight is 144 g/mol. The Morgan fingerprint density at radius 2 is 2.18 bits per heavy atom. The van der Waals surface area contributed by atoms with E-state index in [1.165, 1.54) is 16.5 Å². The zero-order valence-corrected chi connectivity index (χ0v) is 6.76. The summed E-state index contributed by atoms with van der Waals surface area (Å²) in [7, 11) is 2.04. The minimum absolute atomic E-state index is 1.23. The van der Waals surface area contributed by atoms with Crippen molar-refractivity contribution in [1.29, 1.82) is 0 Å². The summed E-state index contributed by atoms with van der Waals surface area (Å²) in [4.78, 5) is 0. The number of benzene rings is 1. The summed E-state index contributed by atoms with van der Waals surface area (Å²) >= 11 is 0. The minimum Gasteiger partial charge on any atom is -0.350 e. The Kier molecular flexibility index (Phi) is 1.25. The molecule has 1 heteroatoms. The highest BCUT2D eigenvalue weighted by Crippen LogP contribution is 2.17. The van der Waals surface area contributed by atoms with Gasteiger partial charge >= 0.3 is 0 Å². The van der Waals surface area contributed by atoms with E-state index >= 15 is 0 Å². The zero-order valence-electron chi connectivity index (χ0n) is 6.76. The van der Waals surface area contributed by atoms with E-state index in [2.05, 4.69) is 35.8 Å². The van der Waals surface area contributed by atoms with Crippen molar-refractivity contribution in [3.8, 4) is 0 Å². The molecule has 2 aromatic rings. The van der Waals surface area contributed by atoms with Crippen LogP contribution in [-0.2, 0) is 7.05 Å². The summed E-state index contributed by atoms with van der Waals surface area (Å²) in [5.41, 5.74) is 2.55. The predicted molar refractivity (Wildman–Crippen MR) is 46.5 cm³/mol. The fraction of sp³-hybridized carbons (Fsp3) is 0.200. The van der Waals surface area contributed by atoms with E-state index in [9.17, 15) is 0 Å². The first-order valence-electron chi connectivity index (χ1n) is 3.71. The molecular formula is C10H10N. The maximum atomic E-state index is 3.22. The van der Waals surface area contributed by atoms with E-state index in [0.717, 1.165) is 0 Å². The minimum atomic E-state index is 1.23. The van der Waals surface area contributed by atoms with Gasteiger partial charge in [0.15, 0.2) is 0 Å². The molecule has 0 aliphatic carbocycles. The quantitative estimate of drug-likeness (QED) is 0.534. The Bertz CT molecular complexity index is 385. The van der Waals surface area contributed by atoms with Crippen molar-refractivity contribution in [2.24, 2.45) is 7.05 Å². The molecule has 0 aliphatic rings. The predicted octanol–water partition coefficient (Wildman–Crippen LogP) is 2.29. The molecule has 0 saturated carbocycles. The number of hydrogen-bond donors (Lipinski definition) is 0. The molecule has 1 nitrogen and oxygen atoms in total. The molecule has 1 heterocycles. The van der Waals surface area contributed by atoms with Gasteiger partial charge < -0.3 is 4.57 Å². The molecule has 0 N–H and O–H groups in total. The van der Waals surface area contributed by atoms with Gasteiger partial charge in [-0.2, -0.15) is 0 Å². The van der Waals surface area contributed by atoms with E-state index in [-0.39, 0.29) is 0 Å². The average Bonchev–Trinajstić information content (AvgIpc) is 2.35. The highest BCUT2D eigenvalue weighted by molar-refractivity contribution is 5.82. The largest absolute Gasteiger partial charge is 0.350 e. The van der Waals surface area contributed by atoms with Gasteiger partial charge in [-0.15, -0.1) is 0 Å². The normalized spacial score (nSPS) is 10.7. The third-order valence-electron chi connectivity index (χ3n) is 2.03. The molecule has 1 aromatic carbocycles. The second-order valence-corrected chi connectivity index (χ2v) is 2.85. The van der Waals surface area contributed by atoms with Crippen LogP contribution in [0.25, 0.3) is 10.9 Å². The number of nitrogens with zero attached hydrogens (tertiary/aromatic N) is 1. The van der Waals surface area contributed by atoms with Gasteiger partial charge in [-0.3, -0.25) is 0 Å². The molecule has 1 radical (unpaired) electrons. The third-order valence-corrected chi connectivity index (χ3v) is 2.03. The molecule has 11 heavy (non-hydrogen) atoms. The van der Waals surface area contributed by atoms with Crippen LogP contribution in [0, 0.1) is 13.0 Å². The Balaban J connectivity index is 2.94. The van der Waals surface area contributed by atoms with Crippen LogP contribution in [0.4, 0.5) is 0 Å². The topological polar surface area (TPSA) is 4.93 Å². The van der Waals surface area contributed by atoms with Crippen LogP contribution in [0.3, 0.4) is 0 Å². The molecule has 0 atom stereocenters. The Hall–Kier alpha value is -1.24. The van der Waals surface area contributed by atoms with Gasteiger partial charge in [0.1, 0.15) is 0 Å². The van der Waals surface area contributed by atoms with Crippen molar-refractivity contribution in [1.82, 2.24) is 4.57 Å². The van der Waals surface area contributed by atoms with Gasteiger partial charge in [-0.05, 0) is 18.6 Å². The number of fused-ring (bicyclic) bond motifs is 1. The number of hydrogen-bond acceptors (Lipinski definition) is 0. The Labute approximate surface area is 66.3 Å². The van der Waals surface area contributed by atoms with E-state index < -0.39 is 0 Å². The molecule has 1 aromatic heterocycles. The smallest absolute Gasteiger partial charge is 0.0486 e. The number of aryl methyl sites for hydroxylation is 2. The van der Waals surface area contributed by atoms with Crippen LogP contribution >= 0.6 is 0 Å². The maximum absolute atomic E-state index is 3.22. The molecule has 0 amide bonds. The number of aromatic nitrogens is 1. The van der Waals surface area contributed by atoms with Crippen LogP contribution in [0.1, 0.15) is 5.56 Å². The van der Waals surface area contributed by atoms with E-state index in [1.807, 2.05) is 13.2 Å². The molecule has 0 aliphatic heterocycles.